The smallest absolute Gasteiger partial charge is 0.231 e. The highest BCUT2D eigenvalue weighted by molar-refractivity contribution is 6.32. The van der Waals surface area contributed by atoms with Gasteiger partial charge in [0.25, 0.3) is 0 Å². The maximum Gasteiger partial charge on any atom is 0.231 e. The van der Waals surface area contributed by atoms with Crippen molar-refractivity contribution in [2.24, 2.45) is 0 Å². The third-order valence-electron chi connectivity index (χ3n) is 2.71. The molecule has 4 nitrogen and oxygen atoms in total. The number of halogens is 1. The average Bonchev–Trinajstić information content (AvgIpc) is 2.86. The first kappa shape index (κ1) is 14.2. The van der Waals surface area contributed by atoms with Crippen molar-refractivity contribution in [3.63, 3.8) is 0 Å². The summed E-state index contributed by atoms with van der Waals surface area (Å²) in [6.07, 6.45) is 2.74. The van der Waals surface area contributed by atoms with Crippen LogP contribution in [0.15, 0.2) is 24.8 Å². The lowest BCUT2D eigenvalue weighted by Crippen LogP contribution is -2.19. The minimum Gasteiger partial charge on any atom is -0.454 e. The molecule has 0 saturated carbocycles. The molecule has 1 N–H and O–H groups in total. The summed E-state index contributed by atoms with van der Waals surface area (Å²) in [5.74, 6) is 1.35. The van der Waals surface area contributed by atoms with Crippen molar-refractivity contribution in [2.45, 2.75) is 13.0 Å². The summed E-state index contributed by atoms with van der Waals surface area (Å²) in [5, 5.41) is 3.88. The average molecular weight is 284 g/mol. The normalized spacial score (nSPS) is 12.7. The molecule has 5 heteroatoms. The van der Waals surface area contributed by atoms with Gasteiger partial charge in [0.1, 0.15) is 0 Å². The Morgan fingerprint density at radius 3 is 3.11 bits per heavy atom. The maximum absolute atomic E-state index is 6.11. The van der Waals surface area contributed by atoms with Crippen LogP contribution in [0.2, 0.25) is 5.02 Å². The highest BCUT2D eigenvalue weighted by Crippen LogP contribution is 2.39. The van der Waals surface area contributed by atoms with E-state index in [0.29, 0.717) is 23.1 Å². The predicted molar refractivity (Wildman–Crippen MR) is 74.9 cm³/mol. The van der Waals surface area contributed by atoms with Gasteiger partial charge >= 0.3 is 0 Å². The molecule has 0 atom stereocenters. The summed E-state index contributed by atoms with van der Waals surface area (Å²) in [4.78, 5) is 0. The largest absolute Gasteiger partial charge is 0.454 e. The van der Waals surface area contributed by atoms with E-state index in [-0.39, 0.29) is 6.79 Å². The molecule has 1 aliphatic rings. The number of fused-ring (bicyclic) bond motifs is 1. The summed E-state index contributed by atoms with van der Waals surface area (Å²) in [6, 6.07) is 3.83. The van der Waals surface area contributed by atoms with Crippen LogP contribution >= 0.6 is 11.6 Å². The predicted octanol–water partition coefficient (Wildman–Crippen LogP) is 2.75. The summed E-state index contributed by atoms with van der Waals surface area (Å²) < 4.78 is 16.0. The third-order valence-corrected chi connectivity index (χ3v) is 2.99. The third kappa shape index (κ3) is 4.13. The van der Waals surface area contributed by atoms with E-state index in [2.05, 4.69) is 11.9 Å². The minimum atomic E-state index is 0.239. The van der Waals surface area contributed by atoms with Gasteiger partial charge in [0, 0.05) is 13.1 Å². The lowest BCUT2D eigenvalue weighted by atomic mass is 10.2. The Bertz CT molecular complexity index is 437. The molecular formula is C14H18ClNO3. The van der Waals surface area contributed by atoms with Crippen molar-refractivity contribution in [2.75, 3.05) is 26.6 Å². The molecular weight excluding hydrogens is 266 g/mol. The van der Waals surface area contributed by atoms with Gasteiger partial charge in [-0.15, -0.1) is 6.58 Å². The van der Waals surface area contributed by atoms with Crippen LogP contribution in [0, 0.1) is 0 Å². The second-order valence-electron chi connectivity index (χ2n) is 4.18. The molecule has 0 bridgehead atoms. The zero-order valence-electron chi connectivity index (χ0n) is 10.8. The summed E-state index contributed by atoms with van der Waals surface area (Å²) >= 11 is 6.11. The zero-order chi connectivity index (χ0) is 13.5. The van der Waals surface area contributed by atoms with Crippen molar-refractivity contribution in [3.8, 4) is 11.5 Å². The second-order valence-corrected chi connectivity index (χ2v) is 4.59. The van der Waals surface area contributed by atoms with Crippen LogP contribution in [0.4, 0.5) is 0 Å². The molecule has 0 aliphatic carbocycles. The Balaban J connectivity index is 1.72. The highest BCUT2D eigenvalue weighted by atomic mass is 35.5. The lowest BCUT2D eigenvalue weighted by Gasteiger charge is -2.07. The number of ether oxygens (including phenoxy) is 3. The number of hydrogen-bond acceptors (Lipinski definition) is 4. The van der Waals surface area contributed by atoms with Crippen LogP contribution < -0.4 is 14.8 Å². The van der Waals surface area contributed by atoms with Gasteiger partial charge in [-0.3, -0.25) is 0 Å². The van der Waals surface area contributed by atoms with Gasteiger partial charge in [0.05, 0.1) is 18.2 Å². The molecule has 1 heterocycles. The lowest BCUT2D eigenvalue weighted by molar-refractivity contribution is 0.140. The van der Waals surface area contributed by atoms with E-state index >= 15 is 0 Å². The van der Waals surface area contributed by atoms with Crippen LogP contribution in [-0.4, -0.2) is 26.6 Å². The molecule has 0 aromatic heterocycles. The van der Waals surface area contributed by atoms with Crippen LogP contribution in [0.1, 0.15) is 12.0 Å². The van der Waals surface area contributed by atoms with E-state index in [0.717, 1.165) is 31.7 Å². The van der Waals surface area contributed by atoms with Crippen molar-refractivity contribution in [1.29, 1.82) is 0 Å². The topological polar surface area (TPSA) is 39.7 Å². The molecule has 19 heavy (non-hydrogen) atoms. The summed E-state index contributed by atoms with van der Waals surface area (Å²) in [5.41, 5.74) is 1.07. The Morgan fingerprint density at radius 2 is 2.26 bits per heavy atom. The van der Waals surface area contributed by atoms with Gasteiger partial charge in [-0.05, 0) is 24.1 Å². The Kier molecular flexibility index (Phi) is 5.51. The molecule has 1 aromatic carbocycles. The Morgan fingerprint density at radius 1 is 1.37 bits per heavy atom. The molecule has 0 amide bonds. The van der Waals surface area contributed by atoms with Gasteiger partial charge in [-0.2, -0.15) is 0 Å². The number of hydrogen-bond donors (Lipinski definition) is 1. The molecule has 0 fully saturated rings. The Hall–Kier alpha value is -1.23. The van der Waals surface area contributed by atoms with E-state index in [4.69, 9.17) is 25.8 Å². The second kappa shape index (κ2) is 7.38. The first-order chi connectivity index (χ1) is 9.31. The number of rotatable bonds is 8. The standard InChI is InChI=1S/C14H18ClNO3/c1-2-3-5-17-6-4-16-9-11-7-12(15)14-13(8-11)18-10-19-14/h2,7-8,16H,1,3-6,9-10H2. The van der Waals surface area contributed by atoms with Crippen molar-refractivity contribution in [1.82, 2.24) is 5.32 Å². The number of nitrogens with one attached hydrogen (secondary N) is 1. The summed E-state index contributed by atoms with van der Waals surface area (Å²) in [7, 11) is 0. The number of benzene rings is 1. The maximum atomic E-state index is 6.11. The zero-order valence-corrected chi connectivity index (χ0v) is 11.5. The quantitative estimate of drug-likeness (QED) is 0.588. The molecule has 0 saturated heterocycles. The van der Waals surface area contributed by atoms with E-state index in [1.165, 1.54) is 0 Å². The fourth-order valence-corrected chi connectivity index (χ4v) is 2.06. The van der Waals surface area contributed by atoms with Crippen molar-refractivity contribution >= 4 is 11.6 Å². The summed E-state index contributed by atoms with van der Waals surface area (Å²) in [6.45, 7) is 6.81. The van der Waals surface area contributed by atoms with Gasteiger partial charge in [0.15, 0.2) is 11.5 Å². The van der Waals surface area contributed by atoms with Gasteiger partial charge in [0.2, 0.25) is 6.79 Å². The van der Waals surface area contributed by atoms with E-state index in [1.54, 1.807) is 0 Å². The van der Waals surface area contributed by atoms with Crippen LogP contribution in [0.25, 0.3) is 0 Å². The van der Waals surface area contributed by atoms with E-state index < -0.39 is 0 Å². The van der Waals surface area contributed by atoms with Gasteiger partial charge in [-0.1, -0.05) is 17.7 Å². The molecule has 104 valence electrons. The monoisotopic (exact) mass is 283 g/mol. The van der Waals surface area contributed by atoms with Crippen molar-refractivity contribution < 1.29 is 14.2 Å². The molecule has 0 spiro atoms. The molecule has 0 unspecified atom stereocenters. The highest BCUT2D eigenvalue weighted by Gasteiger charge is 2.17. The molecule has 0 radical (unpaired) electrons. The van der Waals surface area contributed by atoms with E-state index in [9.17, 15) is 0 Å². The van der Waals surface area contributed by atoms with Crippen LogP contribution in [0.5, 0.6) is 11.5 Å². The fraction of sp³-hybridized carbons (Fsp3) is 0.429. The minimum absolute atomic E-state index is 0.239. The Labute approximate surface area is 118 Å². The van der Waals surface area contributed by atoms with Gasteiger partial charge in [-0.25, -0.2) is 0 Å². The fourth-order valence-electron chi connectivity index (χ4n) is 1.77. The SMILES string of the molecule is C=CCCOCCNCc1cc(Cl)c2c(c1)OCO2. The molecule has 2 rings (SSSR count). The van der Waals surface area contributed by atoms with E-state index in [1.807, 2.05) is 18.2 Å². The van der Waals surface area contributed by atoms with Crippen LogP contribution in [0.3, 0.4) is 0 Å². The molecule has 1 aliphatic heterocycles. The first-order valence-corrected chi connectivity index (χ1v) is 6.66. The molecule has 1 aromatic rings. The van der Waals surface area contributed by atoms with Crippen molar-refractivity contribution in [3.05, 3.63) is 35.4 Å². The van der Waals surface area contributed by atoms with Crippen LogP contribution in [-0.2, 0) is 11.3 Å². The van der Waals surface area contributed by atoms with Gasteiger partial charge < -0.3 is 19.5 Å². The first-order valence-electron chi connectivity index (χ1n) is 6.28.